The zero-order valence-corrected chi connectivity index (χ0v) is 11.6. The molecular formula is C13H24N4O. The lowest BCUT2D eigenvalue weighted by Gasteiger charge is -2.24. The fourth-order valence-corrected chi connectivity index (χ4v) is 2.24. The molecule has 102 valence electrons. The van der Waals surface area contributed by atoms with Gasteiger partial charge in [0.15, 0.2) is 5.82 Å². The average Bonchev–Trinajstić information content (AvgIpc) is 2.42. The van der Waals surface area contributed by atoms with Gasteiger partial charge in [-0.2, -0.15) is 5.10 Å². The molecule has 0 aliphatic rings. The van der Waals surface area contributed by atoms with E-state index in [0.717, 1.165) is 36.5 Å². The van der Waals surface area contributed by atoms with E-state index in [1.54, 1.807) is 0 Å². The van der Waals surface area contributed by atoms with Crippen LogP contribution in [0.1, 0.15) is 37.6 Å². The van der Waals surface area contributed by atoms with Gasteiger partial charge in [0.25, 0.3) is 0 Å². The molecule has 0 aliphatic carbocycles. The third-order valence-corrected chi connectivity index (χ3v) is 3.19. The van der Waals surface area contributed by atoms with Gasteiger partial charge in [0.1, 0.15) is 0 Å². The first-order valence-electron chi connectivity index (χ1n) is 6.66. The lowest BCUT2D eigenvalue weighted by molar-refractivity contribution is 0.302. The molecule has 0 spiro atoms. The highest BCUT2D eigenvalue weighted by Gasteiger charge is 2.17. The van der Waals surface area contributed by atoms with Crippen LogP contribution in [0.2, 0.25) is 0 Å². The molecule has 0 aromatic carbocycles. The number of likely N-dealkylation sites (N-methyl/N-ethyl adjacent to an activating group) is 1. The predicted molar refractivity (Wildman–Crippen MR) is 73.7 cm³/mol. The Morgan fingerprint density at radius 2 is 1.83 bits per heavy atom. The molecule has 0 saturated heterocycles. The molecule has 5 nitrogen and oxygen atoms in total. The number of nitrogens with two attached hydrogens (primary N) is 1. The third-order valence-electron chi connectivity index (χ3n) is 3.19. The first-order chi connectivity index (χ1) is 8.73. The summed E-state index contributed by atoms with van der Waals surface area (Å²) in [7, 11) is 0. The van der Waals surface area contributed by atoms with E-state index >= 15 is 0 Å². The second-order valence-corrected chi connectivity index (χ2v) is 4.14. The van der Waals surface area contributed by atoms with E-state index in [0.29, 0.717) is 13.1 Å². The van der Waals surface area contributed by atoms with Gasteiger partial charge in [-0.25, -0.2) is 0 Å². The fraction of sp³-hybridized carbons (Fsp3) is 0.692. The summed E-state index contributed by atoms with van der Waals surface area (Å²) in [6, 6.07) is 0. The van der Waals surface area contributed by atoms with Crippen molar-refractivity contribution in [2.24, 2.45) is 5.73 Å². The number of anilines is 1. The second kappa shape index (κ2) is 7.28. The Kier molecular flexibility index (Phi) is 6.01. The molecule has 0 unspecified atom stereocenters. The average molecular weight is 252 g/mol. The van der Waals surface area contributed by atoms with Crippen LogP contribution < -0.4 is 10.6 Å². The van der Waals surface area contributed by atoms with Crippen LogP contribution in [-0.4, -0.2) is 35.0 Å². The number of aliphatic hydroxyl groups is 1. The second-order valence-electron chi connectivity index (χ2n) is 4.14. The molecule has 1 rings (SSSR count). The molecule has 18 heavy (non-hydrogen) atoms. The normalized spacial score (nSPS) is 10.7. The van der Waals surface area contributed by atoms with E-state index in [1.807, 2.05) is 11.8 Å². The first-order valence-corrected chi connectivity index (χ1v) is 6.66. The number of rotatable bonds is 7. The fourth-order valence-electron chi connectivity index (χ4n) is 2.24. The van der Waals surface area contributed by atoms with Gasteiger partial charge in [0.05, 0.1) is 12.3 Å². The minimum absolute atomic E-state index is 0.108. The standard InChI is InChI=1S/C13H24N4O/c1-4-10-11(9-14)13(16-15-12(10)5-2)17(6-3)7-8-18/h18H,4-9,14H2,1-3H3. The van der Waals surface area contributed by atoms with Gasteiger partial charge in [-0.15, -0.1) is 5.10 Å². The molecule has 1 aromatic rings. The Hall–Kier alpha value is -1.20. The van der Waals surface area contributed by atoms with Crippen molar-refractivity contribution in [3.8, 4) is 0 Å². The van der Waals surface area contributed by atoms with Crippen LogP contribution in [0.25, 0.3) is 0 Å². The molecule has 0 aliphatic heterocycles. The van der Waals surface area contributed by atoms with Crippen LogP contribution in [0.4, 0.5) is 5.82 Å². The van der Waals surface area contributed by atoms with Crippen molar-refractivity contribution in [3.05, 3.63) is 16.8 Å². The topological polar surface area (TPSA) is 75.3 Å². The summed E-state index contributed by atoms with van der Waals surface area (Å²) in [5.74, 6) is 0.822. The molecular weight excluding hydrogens is 228 g/mol. The summed E-state index contributed by atoms with van der Waals surface area (Å²) < 4.78 is 0. The Labute approximate surface area is 109 Å². The van der Waals surface area contributed by atoms with Crippen LogP contribution in [-0.2, 0) is 19.4 Å². The van der Waals surface area contributed by atoms with Crippen molar-refractivity contribution in [1.82, 2.24) is 10.2 Å². The van der Waals surface area contributed by atoms with Crippen molar-refractivity contribution in [1.29, 1.82) is 0 Å². The molecule has 0 atom stereocenters. The summed E-state index contributed by atoms with van der Waals surface area (Å²) in [6.45, 7) is 8.15. The molecule has 0 amide bonds. The third kappa shape index (κ3) is 2.97. The molecule has 1 heterocycles. The maximum atomic E-state index is 9.10. The molecule has 3 N–H and O–H groups in total. The summed E-state index contributed by atoms with van der Waals surface area (Å²) in [5, 5.41) is 17.7. The Morgan fingerprint density at radius 1 is 1.11 bits per heavy atom. The largest absolute Gasteiger partial charge is 0.395 e. The molecule has 0 fully saturated rings. The van der Waals surface area contributed by atoms with E-state index in [2.05, 4.69) is 24.0 Å². The number of aryl methyl sites for hydroxylation is 1. The van der Waals surface area contributed by atoms with Gasteiger partial charge < -0.3 is 15.7 Å². The van der Waals surface area contributed by atoms with Crippen molar-refractivity contribution < 1.29 is 5.11 Å². The smallest absolute Gasteiger partial charge is 0.156 e. The van der Waals surface area contributed by atoms with E-state index < -0.39 is 0 Å². The van der Waals surface area contributed by atoms with E-state index in [9.17, 15) is 0 Å². The minimum atomic E-state index is 0.108. The highest BCUT2D eigenvalue weighted by molar-refractivity contribution is 5.51. The van der Waals surface area contributed by atoms with Crippen LogP contribution >= 0.6 is 0 Å². The zero-order chi connectivity index (χ0) is 13.5. The Bertz CT molecular complexity index is 381. The van der Waals surface area contributed by atoms with Crippen molar-refractivity contribution in [2.75, 3.05) is 24.6 Å². The van der Waals surface area contributed by atoms with Crippen LogP contribution in [0, 0.1) is 0 Å². The van der Waals surface area contributed by atoms with Gasteiger partial charge >= 0.3 is 0 Å². The van der Waals surface area contributed by atoms with Gasteiger partial charge in [-0.05, 0) is 25.3 Å². The van der Waals surface area contributed by atoms with Crippen LogP contribution in [0.5, 0.6) is 0 Å². The molecule has 5 heteroatoms. The van der Waals surface area contributed by atoms with E-state index in [1.165, 1.54) is 5.56 Å². The van der Waals surface area contributed by atoms with E-state index in [4.69, 9.17) is 10.8 Å². The monoisotopic (exact) mass is 252 g/mol. The number of hydrogen-bond acceptors (Lipinski definition) is 5. The highest BCUT2D eigenvalue weighted by Crippen LogP contribution is 2.23. The quantitative estimate of drug-likeness (QED) is 0.753. The number of aliphatic hydroxyl groups excluding tert-OH is 1. The Balaban J connectivity index is 3.26. The lowest BCUT2D eigenvalue weighted by Crippen LogP contribution is -2.30. The minimum Gasteiger partial charge on any atom is -0.395 e. The van der Waals surface area contributed by atoms with Gasteiger partial charge in [-0.3, -0.25) is 0 Å². The molecule has 0 bridgehead atoms. The number of hydrogen-bond donors (Lipinski definition) is 2. The van der Waals surface area contributed by atoms with Crippen molar-refractivity contribution in [3.63, 3.8) is 0 Å². The zero-order valence-electron chi connectivity index (χ0n) is 11.6. The summed E-state index contributed by atoms with van der Waals surface area (Å²) >= 11 is 0. The SMILES string of the molecule is CCc1nnc(N(CC)CCO)c(CN)c1CC. The molecule has 0 saturated carbocycles. The summed E-state index contributed by atoms with van der Waals surface area (Å²) in [6.07, 6.45) is 1.78. The number of aromatic nitrogens is 2. The Morgan fingerprint density at radius 3 is 2.28 bits per heavy atom. The van der Waals surface area contributed by atoms with Crippen LogP contribution in [0.3, 0.4) is 0 Å². The van der Waals surface area contributed by atoms with Gasteiger partial charge in [-0.1, -0.05) is 13.8 Å². The number of nitrogens with zero attached hydrogens (tertiary/aromatic N) is 3. The van der Waals surface area contributed by atoms with Gasteiger partial charge in [0.2, 0.25) is 0 Å². The van der Waals surface area contributed by atoms with Crippen LogP contribution in [0.15, 0.2) is 0 Å². The summed E-state index contributed by atoms with van der Waals surface area (Å²) in [4.78, 5) is 2.02. The molecule has 1 aromatic heterocycles. The summed E-state index contributed by atoms with van der Waals surface area (Å²) in [5.41, 5.74) is 9.19. The van der Waals surface area contributed by atoms with Gasteiger partial charge in [0, 0.05) is 25.2 Å². The molecule has 0 radical (unpaired) electrons. The van der Waals surface area contributed by atoms with Crippen molar-refractivity contribution in [2.45, 2.75) is 40.2 Å². The highest BCUT2D eigenvalue weighted by atomic mass is 16.3. The van der Waals surface area contributed by atoms with Crippen molar-refractivity contribution >= 4 is 5.82 Å². The first kappa shape index (κ1) is 14.9. The predicted octanol–water partition coefficient (Wildman–Crippen LogP) is 0.879. The maximum Gasteiger partial charge on any atom is 0.156 e. The lowest BCUT2D eigenvalue weighted by atomic mass is 10.0. The maximum absolute atomic E-state index is 9.10. The van der Waals surface area contributed by atoms with E-state index in [-0.39, 0.29) is 6.61 Å².